The van der Waals surface area contributed by atoms with E-state index in [2.05, 4.69) is 44.6 Å². The number of amides is 1. The number of nitrogens with zero attached hydrogens (tertiary/aromatic N) is 3. The Balaban J connectivity index is 1.31. The summed E-state index contributed by atoms with van der Waals surface area (Å²) in [5.41, 5.74) is 1.20. The largest absolute Gasteiger partial charge is 0.349 e. The molecular weight excluding hydrogens is 352 g/mol. The fourth-order valence-corrected chi connectivity index (χ4v) is 4.17. The van der Waals surface area contributed by atoms with E-state index >= 15 is 0 Å². The third-order valence-corrected chi connectivity index (χ3v) is 6.22. The minimum absolute atomic E-state index is 0.0897. The van der Waals surface area contributed by atoms with Crippen LogP contribution in [0, 0.1) is 12.8 Å². The lowest BCUT2D eigenvalue weighted by Crippen LogP contribution is -2.39. The van der Waals surface area contributed by atoms with E-state index in [1.165, 1.54) is 12.0 Å². The zero-order valence-electron chi connectivity index (χ0n) is 16.6. The van der Waals surface area contributed by atoms with E-state index in [9.17, 15) is 4.79 Å². The van der Waals surface area contributed by atoms with Gasteiger partial charge in [0.2, 0.25) is 11.8 Å². The summed E-state index contributed by atoms with van der Waals surface area (Å²) in [5.74, 6) is 2.35. The summed E-state index contributed by atoms with van der Waals surface area (Å²) >= 11 is 0. The normalized spacial score (nSPS) is 19.9. The van der Waals surface area contributed by atoms with E-state index in [1.54, 1.807) is 0 Å². The maximum Gasteiger partial charge on any atom is 0.223 e. The van der Waals surface area contributed by atoms with Crippen molar-refractivity contribution < 1.29 is 9.32 Å². The molecule has 1 saturated heterocycles. The van der Waals surface area contributed by atoms with E-state index < -0.39 is 0 Å². The fourth-order valence-electron chi connectivity index (χ4n) is 4.17. The van der Waals surface area contributed by atoms with Gasteiger partial charge in [0.1, 0.15) is 0 Å². The molecule has 6 heteroatoms. The Morgan fingerprint density at radius 1 is 1.21 bits per heavy atom. The van der Waals surface area contributed by atoms with E-state index in [-0.39, 0.29) is 17.9 Å². The van der Waals surface area contributed by atoms with Crippen molar-refractivity contribution in [3.8, 4) is 0 Å². The molecule has 6 nitrogen and oxygen atoms in total. The highest BCUT2D eigenvalue weighted by Crippen LogP contribution is 2.29. The monoisotopic (exact) mass is 382 g/mol. The highest BCUT2D eigenvalue weighted by molar-refractivity contribution is 5.79. The molecule has 0 bridgehead atoms. The van der Waals surface area contributed by atoms with Crippen molar-refractivity contribution in [2.75, 3.05) is 19.6 Å². The van der Waals surface area contributed by atoms with Crippen molar-refractivity contribution in [1.82, 2.24) is 20.4 Å². The maximum atomic E-state index is 12.5. The number of rotatable bonds is 7. The van der Waals surface area contributed by atoms with Crippen molar-refractivity contribution in [2.24, 2.45) is 5.92 Å². The Kier molecular flexibility index (Phi) is 6.05. The van der Waals surface area contributed by atoms with Gasteiger partial charge in [-0.1, -0.05) is 41.9 Å². The first-order valence-electron chi connectivity index (χ1n) is 10.6. The van der Waals surface area contributed by atoms with Gasteiger partial charge in [-0.05, 0) is 50.8 Å². The van der Waals surface area contributed by atoms with Crippen LogP contribution in [-0.4, -0.2) is 40.6 Å². The molecule has 1 amide bonds. The van der Waals surface area contributed by atoms with Gasteiger partial charge in [-0.3, -0.25) is 4.79 Å². The number of piperidine rings is 1. The predicted octanol–water partition coefficient (Wildman–Crippen LogP) is 3.61. The standard InChI is InChI=1S/C22H30N4O2/c1-16-23-21(25-28-16)18-10-13-26(14-11-18)15-12-20(17-6-3-2-4-7-17)24-22(27)19-8-5-9-19/h2-4,6-7,18-20H,5,8-15H2,1H3,(H,24,27)/t20-/m0/s1. The van der Waals surface area contributed by atoms with Crippen LogP contribution in [0.4, 0.5) is 0 Å². The smallest absolute Gasteiger partial charge is 0.223 e. The number of hydrogen-bond acceptors (Lipinski definition) is 5. The molecule has 2 heterocycles. The fraction of sp³-hybridized carbons (Fsp3) is 0.591. The van der Waals surface area contributed by atoms with Crippen LogP contribution in [0.2, 0.25) is 0 Å². The number of carbonyl (C=O) groups excluding carboxylic acids is 1. The van der Waals surface area contributed by atoms with Gasteiger partial charge in [0.25, 0.3) is 0 Å². The molecule has 1 aromatic heterocycles. The zero-order chi connectivity index (χ0) is 19.3. The third kappa shape index (κ3) is 4.61. The average Bonchev–Trinajstić information content (AvgIpc) is 3.11. The van der Waals surface area contributed by atoms with Crippen molar-refractivity contribution in [3.05, 3.63) is 47.6 Å². The SMILES string of the molecule is Cc1nc(C2CCN(CC[C@H](NC(=O)C3CCC3)c3ccccc3)CC2)no1. The molecule has 1 aliphatic heterocycles. The van der Waals surface area contributed by atoms with Gasteiger partial charge in [-0.2, -0.15) is 4.98 Å². The average molecular weight is 383 g/mol. The Hall–Kier alpha value is -2.21. The molecular formula is C22H30N4O2. The highest BCUT2D eigenvalue weighted by Gasteiger charge is 2.28. The van der Waals surface area contributed by atoms with Crippen LogP contribution >= 0.6 is 0 Å². The molecule has 1 aromatic carbocycles. The lowest BCUT2D eigenvalue weighted by molar-refractivity contribution is -0.128. The van der Waals surface area contributed by atoms with Crippen molar-refractivity contribution >= 4 is 5.91 Å². The van der Waals surface area contributed by atoms with E-state index in [0.29, 0.717) is 11.8 Å². The number of aromatic nitrogens is 2. The summed E-state index contributed by atoms with van der Waals surface area (Å²) < 4.78 is 5.13. The molecule has 1 N–H and O–H groups in total. The molecule has 2 aromatic rings. The minimum Gasteiger partial charge on any atom is -0.349 e. The molecule has 0 radical (unpaired) electrons. The summed E-state index contributed by atoms with van der Waals surface area (Å²) in [6, 6.07) is 10.5. The molecule has 28 heavy (non-hydrogen) atoms. The number of hydrogen-bond donors (Lipinski definition) is 1. The summed E-state index contributed by atoms with van der Waals surface area (Å²) in [6.45, 7) is 4.91. The van der Waals surface area contributed by atoms with Crippen LogP contribution in [0.3, 0.4) is 0 Å². The highest BCUT2D eigenvalue weighted by atomic mass is 16.5. The van der Waals surface area contributed by atoms with Crippen molar-refractivity contribution in [1.29, 1.82) is 0 Å². The molecule has 4 rings (SSSR count). The second kappa shape index (κ2) is 8.86. The number of benzene rings is 1. The van der Waals surface area contributed by atoms with Crippen LogP contribution < -0.4 is 5.32 Å². The lowest BCUT2D eigenvalue weighted by atomic mass is 9.84. The molecule has 0 spiro atoms. The summed E-state index contributed by atoms with van der Waals surface area (Å²) in [5, 5.41) is 7.40. The summed E-state index contributed by atoms with van der Waals surface area (Å²) in [6.07, 6.45) is 6.32. The molecule has 0 unspecified atom stereocenters. The second-order valence-electron chi connectivity index (χ2n) is 8.18. The predicted molar refractivity (Wildman–Crippen MR) is 107 cm³/mol. The lowest BCUT2D eigenvalue weighted by Gasteiger charge is -2.32. The van der Waals surface area contributed by atoms with Gasteiger partial charge in [-0.15, -0.1) is 0 Å². The molecule has 1 saturated carbocycles. The first kappa shape index (κ1) is 19.1. The zero-order valence-corrected chi connectivity index (χ0v) is 16.6. The Morgan fingerprint density at radius 2 is 1.96 bits per heavy atom. The molecule has 1 aliphatic carbocycles. The maximum absolute atomic E-state index is 12.5. The van der Waals surface area contributed by atoms with Gasteiger partial charge in [0.15, 0.2) is 5.82 Å². The number of aryl methyl sites for hydroxylation is 1. The van der Waals surface area contributed by atoms with Crippen LogP contribution in [0.5, 0.6) is 0 Å². The van der Waals surface area contributed by atoms with E-state index in [1.807, 2.05) is 13.0 Å². The van der Waals surface area contributed by atoms with Crippen LogP contribution in [-0.2, 0) is 4.79 Å². The first-order chi connectivity index (χ1) is 13.7. The Bertz CT molecular complexity index is 764. The number of nitrogens with one attached hydrogen (secondary N) is 1. The minimum atomic E-state index is 0.0897. The van der Waals surface area contributed by atoms with Gasteiger partial charge in [0, 0.05) is 25.3 Å². The Labute approximate surface area is 166 Å². The second-order valence-corrected chi connectivity index (χ2v) is 8.18. The van der Waals surface area contributed by atoms with Crippen LogP contribution in [0.15, 0.2) is 34.9 Å². The van der Waals surface area contributed by atoms with E-state index in [0.717, 1.165) is 57.6 Å². The first-order valence-corrected chi connectivity index (χ1v) is 10.6. The quantitative estimate of drug-likeness (QED) is 0.792. The van der Waals surface area contributed by atoms with Gasteiger partial charge >= 0.3 is 0 Å². The van der Waals surface area contributed by atoms with Gasteiger partial charge in [0.05, 0.1) is 6.04 Å². The summed E-state index contributed by atoms with van der Waals surface area (Å²) in [7, 11) is 0. The van der Waals surface area contributed by atoms with Crippen LogP contribution in [0.1, 0.15) is 67.8 Å². The molecule has 2 aliphatic rings. The molecule has 2 fully saturated rings. The topological polar surface area (TPSA) is 71.3 Å². The third-order valence-electron chi connectivity index (χ3n) is 6.22. The van der Waals surface area contributed by atoms with Crippen LogP contribution in [0.25, 0.3) is 0 Å². The number of likely N-dealkylation sites (tertiary alicyclic amines) is 1. The van der Waals surface area contributed by atoms with Gasteiger partial charge in [-0.25, -0.2) is 0 Å². The van der Waals surface area contributed by atoms with Gasteiger partial charge < -0.3 is 14.7 Å². The number of carbonyl (C=O) groups is 1. The molecule has 1 atom stereocenters. The summed E-state index contributed by atoms with van der Waals surface area (Å²) in [4.78, 5) is 19.4. The Morgan fingerprint density at radius 3 is 2.57 bits per heavy atom. The molecule has 150 valence electrons. The van der Waals surface area contributed by atoms with Crippen molar-refractivity contribution in [2.45, 2.75) is 57.4 Å². The van der Waals surface area contributed by atoms with E-state index in [4.69, 9.17) is 4.52 Å². The van der Waals surface area contributed by atoms with Crippen molar-refractivity contribution in [3.63, 3.8) is 0 Å².